The second-order valence-corrected chi connectivity index (χ2v) is 7.02. The molecule has 10 heteroatoms. The zero-order valence-corrected chi connectivity index (χ0v) is 17.0. The Hall–Kier alpha value is -2.55. The summed E-state index contributed by atoms with van der Waals surface area (Å²) in [6.07, 6.45) is 1.54. The second kappa shape index (κ2) is 8.22. The van der Waals surface area contributed by atoms with Gasteiger partial charge in [-0.15, -0.1) is 0 Å². The zero-order chi connectivity index (χ0) is 20.4. The van der Waals surface area contributed by atoms with Crippen LogP contribution < -0.4 is 11.1 Å². The lowest BCUT2D eigenvalue weighted by Gasteiger charge is -2.13. The number of halogens is 2. The number of primary amides is 1. The van der Waals surface area contributed by atoms with Crippen molar-refractivity contribution in [3.8, 4) is 5.82 Å². The van der Waals surface area contributed by atoms with Crippen LogP contribution in [0.1, 0.15) is 32.1 Å². The number of benzene rings is 1. The second-order valence-electron chi connectivity index (χ2n) is 5.86. The first-order chi connectivity index (χ1) is 13.3. The smallest absolute Gasteiger partial charge is 0.274 e. The quantitative estimate of drug-likeness (QED) is 0.531. The van der Waals surface area contributed by atoms with Gasteiger partial charge >= 0.3 is 0 Å². The van der Waals surface area contributed by atoms with Crippen LogP contribution in [0.2, 0.25) is 10.0 Å². The molecular formula is C18H15Cl2N5O2S. The normalized spacial score (nSPS) is 10.7. The Morgan fingerprint density at radius 1 is 1.29 bits per heavy atom. The molecule has 2 aromatic heterocycles. The van der Waals surface area contributed by atoms with Gasteiger partial charge < -0.3 is 11.1 Å². The van der Waals surface area contributed by atoms with E-state index in [-0.39, 0.29) is 16.9 Å². The van der Waals surface area contributed by atoms with Crippen LogP contribution in [0.3, 0.4) is 0 Å². The first-order valence-electron chi connectivity index (χ1n) is 8.03. The van der Waals surface area contributed by atoms with Crippen LogP contribution in [0, 0.1) is 6.92 Å². The number of nitrogens with two attached hydrogens (primary N) is 1. The highest BCUT2D eigenvalue weighted by Gasteiger charge is 2.21. The molecule has 0 bridgehead atoms. The minimum Gasteiger partial charge on any atom is -0.366 e. The molecule has 2 amide bonds. The third-order valence-corrected chi connectivity index (χ3v) is 4.74. The van der Waals surface area contributed by atoms with E-state index in [1.165, 1.54) is 10.7 Å². The van der Waals surface area contributed by atoms with Gasteiger partial charge in [0.05, 0.1) is 22.0 Å². The van der Waals surface area contributed by atoms with Gasteiger partial charge in [0.25, 0.3) is 11.8 Å². The third kappa shape index (κ3) is 3.99. The third-order valence-electron chi connectivity index (χ3n) is 3.90. The number of hydrogen-bond acceptors (Lipinski definition) is 5. The highest BCUT2D eigenvalue weighted by atomic mass is 35.5. The van der Waals surface area contributed by atoms with Crippen molar-refractivity contribution >= 4 is 53.3 Å². The Bertz CT molecular complexity index is 1080. The van der Waals surface area contributed by atoms with Crippen molar-refractivity contribution in [1.29, 1.82) is 0 Å². The summed E-state index contributed by atoms with van der Waals surface area (Å²) in [5.41, 5.74) is 7.13. The minimum absolute atomic E-state index is 0.106. The van der Waals surface area contributed by atoms with Gasteiger partial charge in [-0.2, -0.15) is 17.7 Å². The van der Waals surface area contributed by atoms with Crippen LogP contribution in [-0.2, 0) is 5.75 Å². The molecule has 144 valence electrons. The Morgan fingerprint density at radius 3 is 2.68 bits per heavy atom. The largest absolute Gasteiger partial charge is 0.366 e. The van der Waals surface area contributed by atoms with Gasteiger partial charge in [-0.1, -0.05) is 23.2 Å². The molecule has 0 aliphatic carbocycles. The molecule has 2 heterocycles. The molecule has 0 aliphatic rings. The van der Waals surface area contributed by atoms with E-state index in [1.807, 2.05) is 0 Å². The SMILES string of the molecule is Cc1cc(Cl)cc(C(N)=O)c1NC(=O)c1cc(CS)nn1-c1ncccc1Cl. The van der Waals surface area contributed by atoms with E-state index in [2.05, 4.69) is 28.0 Å². The summed E-state index contributed by atoms with van der Waals surface area (Å²) >= 11 is 16.4. The van der Waals surface area contributed by atoms with Crippen LogP contribution in [-0.4, -0.2) is 26.6 Å². The summed E-state index contributed by atoms with van der Waals surface area (Å²) in [6, 6.07) is 7.91. The number of thiol groups is 1. The van der Waals surface area contributed by atoms with E-state index in [0.29, 0.717) is 32.9 Å². The lowest BCUT2D eigenvalue weighted by atomic mass is 10.1. The maximum atomic E-state index is 13.0. The highest BCUT2D eigenvalue weighted by molar-refractivity contribution is 7.79. The molecule has 3 N–H and O–H groups in total. The molecule has 0 fully saturated rings. The number of carbonyl (C=O) groups is 2. The predicted molar refractivity (Wildman–Crippen MR) is 112 cm³/mol. The molecule has 0 spiro atoms. The number of nitrogens with one attached hydrogen (secondary N) is 1. The number of carbonyl (C=O) groups excluding carboxylic acids is 2. The number of aromatic nitrogens is 3. The summed E-state index contributed by atoms with van der Waals surface area (Å²) < 4.78 is 1.33. The molecule has 28 heavy (non-hydrogen) atoms. The standard InChI is InChI=1S/C18H15Cl2N5O2S/c1-9-5-10(19)6-12(16(21)26)15(9)23-18(27)14-7-11(8-28)24-25(14)17-13(20)3-2-4-22-17/h2-7,28H,8H2,1H3,(H2,21,26)(H,23,27). The summed E-state index contributed by atoms with van der Waals surface area (Å²) in [4.78, 5) is 29.0. The van der Waals surface area contributed by atoms with E-state index >= 15 is 0 Å². The number of nitrogens with zero attached hydrogens (tertiary/aromatic N) is 3. The van der Waals surface area contributed by atoms with Crippen molar-refractivity contribution in [1.82, 2.24) is 14.8 Å². The Balaban J connectivity index is 2.07. The fraction of sp³-hybridized carbons (Fsp3) is 0.111. The van der Waals surface area contributed by atoms with Crippen LogP contribution in [0.15, 0.2) is 36.5 Å². The molecule has 0 saturated carbocycles. The molecule has 3 rings (SSSR count). The first kappa shape index (κ1) is 20.2. The van der Waals surface area contributed by atoms with Crippen LogP contribution in [0.5, 0.6) is 0 Å². The van der Waals surface area contributed by atoms with Crippen LogP contribution in [0.4, 0.5) is 5.69 Å². The van der Waals surface area contributed by atoms with Gasteiger partial charge in [-0.25, -0.2) is 9.67 Å². The van der Waals surface area contributed by atoms with Crippen molar-refractivity contribution in [3.63, 3.8) is 0 Å². The number of pyridine rings is 1. The molecule has 0 atom stereocenters. The monoisotopic (exact) mass is 435 g/mol. The van der Waals surface area contributed by atoms with Gasteiger partial charge in [0.1, 0.15) is 5.69 Å². The van der Waals surface area contributed by atoms with Crippen molar-refractivity contribution in [2.45, 2.75) is 12.7 Å². The number of aryl methyl sites for hydroxylation is 1. The number of anilines is 1. The summed E-state index contributed by atoms with van der Waals surface area (Å²) in [5.74, 6) is -0.622. The van der Waals surface area contributed by atoms with Crippen molar-refractivity contribution in [2.24, 2.45) is 5.73 Å². The maximum Gasteiger partial charge on any atom is 0.274 e. The first-order valence-corrected chi connectivity index (χ1v) is 9.42. The molecule has 3 aromatic rings. The lowest BCUT2D eigenvalue weighted by Crippen LogP contribution is -2.21. The number of hydrogen-bond donors (Lipinski definition) is 3. The van der Waals surface area contributed by atoms with Gasteiger partial charge in [-0.05, 0) is 42.8 Å². The number of amides is 2. The van der Waals surface area contributed by atoms with Gasteiger partial charge in [-0.3, -0.25) is 9.59 Å². The molecule has 7 nitrogen and oxygen atoms in total. The molecule has 0 unspecified atom stereocenters. The molecule has 0 aliphatic heterocycles. The van der Waals surface area contributed by atoms with Gasteiger partial charge in [0.15, 0.2) is 5.82 Å². The van der Waals surface area contributed by atoms with Crippen LogP contribution >= 0.6 is 35.8 Å². The van der Waals surface area contributed by atoms with E-state index < -0.39 is 11.8 Å². The molecule has 1 aromatic carbocycles. The molecular weight excluding hydrogens is 421 g/mol. The predicted octanol–water partition coefficient (Wildman–Crippen LogP) is 3.66. The van der Waals surface area contributed by atoms with Crippen molar-refractivity contribution in [3.05, 3.63) is 69.1 Å². The lowest BCUT2D eigenvalue weighted by molar-refractivity contribution is 0.100. The minimum atomic E-state index is -0.710. The van der Waals surface area contributed by atoms with Crippen molar-refractivity contribution in [2.75, 3.05) is 5.32 Å². The molecule has 0 saturated heterocycles. The zero-order valence-electron chi connectivity index (χ0n) is 14.6. The van der Waals surface area contributed by atoms with Gasteiger partial charge in [0.2, 0.25) is 0 Å². The molecule has 0 radical (unpaired) electrons. The summed E-state index contributed by atoms with van der Waals surface area (Å²) in [7, 11) is 0. The Kier molecular flexibility index (Phi) is 5.93. The topological polar surface area (TPSA) is 103 Å². The fourth-order valence-electron chi connectivity index (χ4n) is 2.64. The van der Waals surface area contributed by atoms with E-state index in [4.69, 9.17) is 28.9 Å². The Morgan fingerprint density at radius 2 is 2.04 bits per heavy atom. The van der Waals surface area contributed by atoms with Crippen LogP contribution in [0.25, 0.3) is 5.82 Å². The number of rotatable bonds is 5. The average molecular weight is 436 g/mol. The highest BCUT2D eigenvalue weighted by Crippen LogP contribution is 2.27. The van der Waals surface area contributed by atoms with Crippen molar-refractivity contribution < 1.29 is 9.59 Å². The average Bonchev–Trinajstić information content (AvgIpc) is 3.08. The fourth-order valence-corrected chi connectivity index (χ4v) is 3.27. The van der Waals surface area contributed by atoms with Gasteiger partial charge in [0, 0.05) is 17.0 Å². The van der Waals surface area contributed by atoms with E-state index in [0.717, 1.165) is 0 Å². The van der Waals surface area contributed by atoms with E-state index in [1.54, 1.807) is 37.4 Å². The maximum absolute atomic E-state index is 13.0. The summed E-state index contributed by atoms with van der Waals surface area (Å²) in [6.45, 7) is 1.71. The van der Waals surface area contributed by atoms with E-state index in [9.17, 15) is 9.59 Å². The summed E-state index contributed by atoms with van der Waals surface area (Å²) in [5, 5.41) is 7.72. The Labute approximate surface area is 176 Å².